The minimum Gasteiger partial charge on any atom is -0.340 e. The third kappa shape index (κ3) is 2.42. The Morgan fingerprint density at radius 1 is 1.40 bits per heavy atom. The van der Waals surface area contributed by atoms with E-state index in [4.69, 9.17) is 6.42 Å². The number of rotatable bonds is 3. The van der Waals surface area contributed by atoms with Crippen LogP contribution >= 0.6 is 0 Å². The van der Waals surface area contributed by atoms with E-state index in [9.17, 15) is 9.59 Å². The summed E-state index contributed by atoms with van der Waals surface area (Å²) in [7, 11) is 0. The second-order valence-corrected chi connectivity index (χ2v) is 5.99. The highest BCUT2D eigenvalue weighted by atomic mass is 16.2. The van der Waals surface area contributed by atoms with Crippen molar-refractivity contribution in [3.05, 3.63) is 0 Å². The maximum Gasteiger partial charge on any atom is 0.250 e. The van der Waals surface area contributed by atoms with Crippen molar-refractivity contribution in [2.45, 2.75) is 76.4 Å². The van der Waals surface area contributed by atoms with Crippen LogP contribution in [0.5, 0.6) is 0 Å². The molecule has 2 aliphatic rings. The predicted molar refractivity (Wildman–Crippen MR) is 77.8 cm³/mol. The van der Waals surface area contributed by atoms with E-state index in [-0.39, 0.29) is 17.9 Å². The normalized spacial score (nSPS) is 27.1. The molecular weight excluding hydrogens is 252 g/mol. The molecule has 2 atom stereocenters. The first-order valence-electron chi connectivity index (χ1n) is 7.66. The second-order valence-electron chi connectivity index (χ2n) is 5.99. The molecule has 110 valence electrons. The highest BCUT2D eigenvalue weighted by Crippen LogP contribution is 2.34. The fraction of sp³-hybridized carbons (Fsp3) is 0.750. The average Bonchev–Trinajstić information content (AvgIpc) is 2.45. The van der Waals surface area contributed by atoms with Crippen LogP contribution in [0.3, 0.4) is 0 Å². The van der Waals surface area contributed by atoms with Crippen LogP contribution < -0.4 is 5.32 Å². The molecule has 1 saturated carbocycles. The molecular formula is C16H24N2O2. The summed E-state index contributed by atoms with van der Waals surface area (Å²) >= 11 is 0. The average molecular weight is 276 g/mol. The van der Waals surface area contributed by atoms with Crippen LogP contribution in [0.1, 0.15) is 58.8 Å². The van der Waals surface area contributed by atoms with Crippen molar-refractivity contribution >= 4 is 11.8 Å². The number of amides is 2. The summed E-state index contributed by atoms with van der Waals surface area (Å²) in [4.78, 5) is 26.9. The summed E-state index contributed by atoms with van der Waals surface area (Å²) in [6, 6.07) is -0.741. The summed E-state index contributed by atoms with van der Waals surface area (Å²) in [5, 5.41) is 2.98. The Labute approximate surface area is 121 Å². The van der Waals surface area contributed by atoms with Crippen molar-refractivity contribution < 1.29 is 9.59 Å². The number of hydrogen-bond donors (Lipinski definition) is 1. The molecule has 0 aromatic rings. The van der Waals surface area contributed by atoms with E-state index in [0.717, 1.165) is 44.9 Å². The maximum atomic E-state index is 12.9. The van der Waals surface area contributed by atoms with Crippen LogP contribution in [-0.4, -0.2) is 34.3 Å². The van der Waals surface area contributed by atoms with Gasteiger partial charge in [0.15, 0.2) is 0 Å². The van der Waals surface area contributed by atoms with Crippen LogP contribution in [0.4, 0.5) is 0 Å². The van der Waals surface area contributed by atoms with E-state index in [0.29, 0.717) is 0 Å². The van der Waals surface area contributed by atoms with Gasteiger partial charge in [-0.1, -0.05) is 38.5 Å². The molecule has 1 spiro atoms. The largest absolute Gasteiger partial charge is 0.340 e. The summed E-state index contributed by atoms with van der Waals surface area (Å²) < 4.78 is 0. The zero-order valence-electron chi connectivity index (χ0n) is 12.4. The van der Waals surface area contributed by atoms with Gasteiger partial charge in [0.2, 0.25) is 11.8 Å². The number of carbonyl (C=O) groups excluding carboxylic acids is 2. The monoisotopic (exact) mass is 276 g/mol. The highest BCUT2D eigenvalue weighted by Gasteiger charge is 2.51. The van der Waals surface area contributed by atoms with Crippen LogP contribution in [0.25, 0.3) is 0 Å². The first-order valence-corrected chi connectivity index (χ1v) is 7.66. The predicted octanol–water partition coefficient (Wildman–Crippen LogP) is 1.84. The van der Waals surface area contributed by atoms with Crippen molar-refractivity contribution in [3.63, 3.8) is 0 Å². The second kappa shape index (κ2) is 5.87. The van der Waals surface area contributed by atoms with Crippen molar-refractivity contribution in [2.24, 2.45) is 0 Å². The summed E-state index contributed by atoms with van der Waals surface area (Å²) in [5.41, 5.74) is -0.690. The summed E-state index contributed by atoms with van der Waals surface area (Å²) in [5.74, 6) is 2.66. The zero-order chi connectivity index (χ0) is 14.8. The fourth-order valence-electron chi connectivity index (χ4n) is 3.42. The molecule has 2 fully saturated rings. The minimum absolute atomic E-state index is 0.0284. The molecule has 1 aliphatic heterocycles. The third-order valence-corrected chi connectivity index (χ3v) is 4.60. The highest BCUT2D eigenvalue weighted by molar-refractivity contribution is 6.00. The van der Waals surface area contributed by atoms with E-state index >= 15 is 0 Å². The molecule has 4 nitrogen and oxygen atoms in total. The lowest BCUT2D eigenvalue weighted by Gasteiger charge is -2.48. The lowest BCUT2D eigenvalue weighted by atomic mass is 9.78. The molecule has 4 heteroatoms. The van der Waals surface area contributed by atoms with Gasteiger partial charge in [0.05, 0.1) is 6.04 Å². The molecule has 1 aliphatic carbocycles. The van der Waals surface area contributed by atoms with Gasteiger partial charge in [0.25, 0.3) is 0 Å². The fourth-order valence-corrected chi connectivity index (χ4v) is 3.42. The maximum absolute atomic E-state index is 12.9. The minimum atomic E-state index is -0.690. The molecule has 2 amide bonds. The van der Waals surface area contributed by atoms with E-state index in [1.54, 1.807) is 11.8 Å². The first-order chi connectivity index (χ1) is 9.55. The topological polar surface area (TPSA) is 49.4 Å². The molecule has 0 aromatic heterocycles. The van der Waals surface area contributed by atoms with Gasteiger partial charge in [-0.2, -0.15) is 0 Å². The van der Waals surface area contributed by atoms with E-state index in [2.05, 4.69) is 11.2 Å². The van der Waals surface area contributed by atoms with Gasteiger partial charge in [-0.05, 0) is 26.2 Å². The van der Waals surface area contributed by atoms with Gasteiger partial charge in [-0.15, -0.1) is 6.42 Å². The quantitative estimate of drug-likeness (QED) is 0.800. The van der Waals surface area contributed by atoms with Crippen LogP contribution in [-0.2, 0) is 9.59 Å². The lowest BCUT2D eigenvalue weighted by Crippen LogP contribution is -2.71. The summed E-state index contributed by atoms with van der Waals surface area (Å²) in [6.45, 7) is 3.81. The third-order valence-electron chi connectivity index (χ3n) is 4.60. The van der Waals surface area contributed by atoms with Gasteiger partial charge in [0, 0.05) is 0 Å². The van der Waals surface area contributed by atoms with Crippen molar-refractivity contribution in [1.29, 1.82) is 0 Å². The number of piperazine rings is 1. The molecule has 1 saturated heterocycles. The molecule has 2 rings (SSSR count). The molecule has 0 bridgehead atoms. The van der Waals surface area contributed by atoms with Gasteiger partial charge >= 0.3 is 0 Å². The molecule has 1 N–H and O–H groups in total. The number of hydrogen-bond acceptors (Lipinski definition) is 2. The first kappa shape index (κ1) is 14.9. The Hall–Kier alpha value is -1.50. The van der Waals surface area contributed by atoms with Crippen molar-refractivity contribution in [1.82, 2.24) is 10.2 Å². The van der Waals surface area contributed by atoms with E-state index in [1.165, 1.54) is 0 Å². The Morgan fingerprint density at radius 2 is 2.05 bits per heavy atom. The van der Waals surface area contributed by atoms with Gasteiger partial charge in [0.1, 0.15) is 11.6 Å². The zero-order valence-corrected chi connectivity index (χ0v) is 12.4. The molecule has 0 aromatic carbocycles. The number of terminal acetylenes is 1. The van der Waals surface area contributed by atoms with Gasteiger partial charge in [-0.25, -0.2) is 0 Å². The van der Waals surface area contributed by atoms with Crippen LogP contribution in [0.2, 0.25) is 0 Å². The van der Waals surface area contributed by atoms with Crippen LogP contribution in [0.15, 0.2) is 0 Å². The SMILES string of the molecule is C#CC(CCC)N1C(=O)C2(CCCCC2)NC(=O)C1C. The Morgan fingerprint density at radius 3 is 2.60 bits per heavy atom. The standard InChI is InChI=1S/C16H24N2O2/c1-4-9-13(5-2)18-12(3)14(19)17-16(15(18)20)10-7-6-8-11-16/h2,12-13H,4,6-11H2,1,3H3,(H,17,19). The van der Waals surface area contributed by atoms with Crippen molar-refractivity contribution in [2.75, 3.05) is 0 Å². The molecule has 0 radical (unpaired) electrons. The molecule has 2 unspecified atom stereocenters. The number of nitrogens with zero attached hydrogens (tertiary/aromatic N) is 1. The Kier molecular flexibility index (Phi) is 4.37. The van der Waals surface area contributed by atoms with E-state index in [1.807, 2.05) is 6.92 Å². The number of carbonyl (C=O) groups is 2. The van der Waals surface area contributed by atoms with Crippen molar-refractivity contribution in [3.8, 4) is 12.3 Å². The Bertz CT molecular complexity index is 432. The molecule has 1 heterocycles. The van der Waals surface area contributed by atoms with Crippen LogP contribution in [0, 0.1) is 12.3 Å². The summed E-state index contributed by atoms with van der Waals surface area (Å²) in [6.07, 6.45) is 11.8. The van der Waals surface area contributed by atoms with E-state index < -0.39 is 11.6 Å². The Balaban J connectivity index is 2.31. The smallest absolute Gasteiger partial charge is 0.250 e. The van der Waals surface area contributed by atoms with Gasteiger partial charge in [-0.3, -0.25) is 9.59 Å². The molecule has 20 heavy (non-hydrogen) atoms. The lowest BCUT2D eigenvalue weighted by molar-refractivity contribution is -0.157. The van der Waals surface area contributed by atoms with Gasteiger partial charge < -0.3 is 10.2 Å². The number of nitrogens with one attached hydrogen (secondary N) is 1.